The van der Waals surface area contributed by atoms with Crippen molar-refractivity contribution in [3.8, 4) is 0 Å². The highest BCUT2D eigenvalue weighted by atomic mass is 16.4. The lowest BCUT2D eigenvalue weighted by atomic mass is 9.87. The quantitative estimate of drug-likeness (QED) is 0.592. The first-order valence-electron chi connectivity index (χ1n) is 6.27. The molecule has 1 aliphatic carbocycles. The summed E-state index contributed by atoms with van der Waals surface area (Å²) in [7, 11) is 1.75. The molecule has 0 amide bonds. The smallest absolute Gasteiger partial charge is 0.351 e. The third-order valence-corrected chi connectivity index (χ3v) is 3.13. The molecule has 96 valence electrons. The average molecular weight is 238 g/mol. The minimum Gasteiger partial charge on any atom is -0.477 e. The zero-order chi connectivity index (χ0) is 12.7. The lowest BCUT2D eigenvalue weighted by Gasteiger charge is -2.19. The standard InChI is InChI=1S/C13H22N2O2/c1-11(13(16)17)14-15(2)10-6-9-12-7-4-3-5-8-12/h6,10,12H,3-5,7-9H2,1-2H3,(H,16,17). The van der Waals surface area contributed by atoms with Crippen LogP contribution in [-0.4, -0.2) is 28.8 Å². The van der Waals surface area contributed by atoms with Crippen molar-refractivity contribution in [2.24, 2.45) is 11.0 Å². The molecule has 0 bridgehead atoms. The molecule has 0 atom stereocenters. The second kappa shape index (κ2) is 7.09. The first kappa shape index (κ1) is 13.7. The number of hydrogen-bond donors (Lipinski definition) is 1. The van der Waals surface area contributed by atoms with Gasteiger partial charge in [0, 0.05) is 13.2 Å². The minimum atomic E-state index is -0.975. The van der Waals surface area contributed by atoms with Gasteiger partial charge < -0.3 is 5.11 Å². The molecule has 0 unspecified atom stereocenters. The Labute approximate surface area is 103 Å². The summed E-state index contributed by atoms with van der Waals surface area (Å²) >= 11 is 0. The van der Waals surface area contributed by atoms with E-state index in [-0.39, 0.29) is 5.71 Å². The van der Waals surface area contributed by atoms with Crippen molar-refractivity contribution in [1.82, 2.24) is 5.01 Å². The van der Waals surface area contributed by atoms with E-state index >= 15 is 0 Å². The van der Waals surface area contributed by atoms with Crippen LogP contribution in [0.5, 0.6) is 0 Å². The Kier molecular flexibility index (Phi) is 5.73. The van der Waals surface area contributed by atoms with Crippen molar-refractivity contribution < 1.29 is 9.90 Å². The van der Waals surface area contributed by atoms with Crippen molar-refractivity contribution in [2.45, 2.75) is 45.4 Å². The van der Waals surface area contributed by atoms with Crippen molar-refractivity contribution in [1.29, 1.82) is 0 Å². The van der Waals surface area contributed by atoms with E-state index in [9.17, 15) is 4.79 Å². The van der Waals surface area contributed by atoms with Crippen molar-refractivity contribution in [3.05, 3.63) is 12.3 Å². The van der Waals surface area contributed by atoms with E-state index in [0.29, 0.717) is 0 Å². The predicted molar refractivity (Wildman–Crippen MR) is 68.8 cm³/mol. The van der Waals surface area contributed by atoms with E-state index < -0.39 is 5.97 Å². The van der Waals surface area contributed by atoms with Crippen LogP contribution in [0, 0.1) is 5.92 Å². The number of hydrazone groups is 1. The van der Waals surface area contributed by atoms with E-state index in [1.165, 1.54) is 39.0 Å². The summed E-state index contributed by atoms with van der Waals surface area (Å²) in [6.45, 7) is 1.49. The lowest BCUT2D eigenvalue weighted by molar-refractivity contribution is -0.129. The van der Waals surface area contributed by atoms with Crippen LogP contribution in [0.25, 0.3) is 0 Å². The van der Waals surface area contributed by atoms with Gasteiger partial charge in [0.2, 0.25) is 0 Å². The van der Waals surface area contributed by atoms with Gasteiger partial charge in [-0.3, -0.25) is 5.01 Å². The van der Waals surface area contributed by atoms with E-state index in [4.69, 9.17) is 5.11 Å². The maximum absolute atomic E-state index is 10.6. The molecule has 0 aromatic rings. The van der Waals surface area contributed by atoms with E-state index in [1.54, 1.807) is 12.1 Å². The van der Waals surface area contributed by atoms with Crippen LogP contribution >= 0.6 is 0 Å². The van der Waals surface area contributed by atoms with Crippen LogP contribution in [0.3, 0.4) is 0 Å². The van der Waals surface area contributed by atoms with Gasteiger partial charge in [-0.15, -0.1) is 0 Å². The molecule has 1 rings (SSSR count). The molecule has 4 heteroatoms. The Bertz CT molecular complexity index is 305. The zero-order valence-corrected chi connectivity index (χ0v) is 10.7. The fourth-order valence-electron chi connectivity index (χ4n) is 2.14. The van der Waals surface area contributed by atoms with Gasteiger partial charge in [0.15, 0.2) is 0 Å². The SMILES string of the molecule is CC(=NN(C)C=CCC1CCCCC1)C(=O)O. The van der Waals surface area contributed by atoms with Gasteiger partial charge in [0.1, 0.15) is 5.71 Å². The number of hydrogen-bond acceptors (Lipinski definition) is 3. The predicted octanol–water partition coefficient (Wildman–Crippen LogP) is 2.86. The fourth-order valence-corrected chi connectivity index (χ4v) is 2.14. The largest absolute Gasteiger partial charge is 0.477 e. The molecule has 0 spiro atoms. The highest BCUT2D eigenvalue weighted by Gasteiger charge is 2.11. The Morgan fingerprint density at radius 3 is 2.65 bits per heavy atom. The molecule has 1 aliphatic rings. The summed E-state index contributed by atoms with van der Waals surface area (Å²) < 4.78 is 0. The van der Waals surface area contributed by atoms with Crippen LogP contribution < -0.4 is 0 Å². The number of allylic oxidation sites excluding steroid dienone is 1. The second-order valence-corrected chi connectivity index (χ2v) is 4.69. The van der Waals surface area contributed by atoms with Gasteiger partial charge in [-0.05, 0) is 19.3 Å². The summed E-state index contributed by atoms with van der Waals surface area (Å²) in [5.74, 6) is -0.171. The molecule has 0 saturated heterocycles. The monoisotopic (exact) mass is 238 g/mol. The summed E-state index contributed by atoms with van der Waals surface area (Å²) in [6, 6.07) is 0. The first-order valence-corrected chi connectivity index (χ1v) is 6.27. The van der Waals surface area contributed by atoms with E-state index in [1.807, 2.05) is 6.20 Å². The van der Waals surface area contributed by atoms with Gasteiger partial charge in [0.25, 0.3) is 0 Å². The third kappa shape index (κ3) is 5.52. The Morgan fingerprint density at radius 1 is 1.41 bits per heavy atom. The molecule has 0 aromatic carbocycles. The van der Waals surface area contributed by atoms with Crippen LogP contribution in [0.15, 0.2) is 17.4 Å². The minimum absolute atomic E-state index is 0.106. The summed E-state index contributed by atoms with van der Waals surface area (Å²) in [6.07, 6.45) is 11.7. The van der Waals surface area contributed by atoms with Crippen LogP contribution in [0.1, 0.15) is 45.4 Å². The van der Waals surface area contributed by atoms with Crippen LogP contribution in [0.2, 0.25) is 0 Å². The topological polar surface area (TPSA) is 52.9 Å². The van der Waals surface area contributed by atoms with Crippen molar-refractivity contribution in [2.75, 3.05) is 7.05 Å². The van der Waals surface area contributed by atoms with Gasteiger partial charge in [-0.25, -0.2) is 4.79 Å². The molecule has 1 saturated carbocycles. The molecular weight excluding hydrogens is 216 g/mol. The lowest BCUT2D eigenvalue weighted by Crippen LogP contribution is -2.14. The number of rotatable bonds is 5. The Hall–Kier alpha value is -1.32. The van der Waals surface area contributed by atoms with Crippen molar-refractivity contribution >= 4 is 11.7 Å². The summed E-state index contributed by atoms with van der Waals surface area (Å²) in [5, 5.41) is 14.2. The molecule has 4 nitrogen and oxygen atoms in total. The number of aliphatic carboxylic acids is 1. The van der Waals surface area contributed by atoms with Gasteiger partial charge in [-0.1, -0.05) is 38.2 Å². The number of carbonyl (C=O) groups is 1. The van der Waals surface area contributed by atoms with Crippen LogP contribution in [0.4, 0.5) is 0 Å². The molecule has 0 aliphatic heterocycles. The highest BCUT2D eigenvalue weighted by Crippen LogP contribution is 2.26. The highest BCUT2D eigenvalue weighted by molar-refractivity contribution is 6.34. The summed E-state index contributed by atoms with van der Waals surface area (Å²) in [5.41, 5.74) is 0.106. The van der Waals surface area contributed by atoms with E-state index in [2.05, 4.69) is 11.2 Å². The number of nitrogens with zero attached hydrogens (tertiary/aromatic N) is 2. The molecule has 0 aromatic heterocycles. The molecule has 0 radical (unpaired) electrons. The van der Waals surface area contributed by atoms with Crippen molar-refractivity contribution in [3.63, 3.8) is 0 Å². The summed E-state index contributed by atoms with van der Waals surface area (Å²) in [4.78, 5) is 10.6. The van der Waals surface area contributed by atoms with E-state index in [0.717, 1.165) is 12.3 Å². The zero-order valence-electron chi connectivity index (χ0n) is 10.7. The molecule has 0 heterocycles. The maximum atomic E-state index is 10.6. The molecular formula is C13H22N2O2. The first-order chi connectivity index (χ1) is 8.09. The molecule has 1 N–H and O–H groups in total. The van der Waals surface area contributed by atoms with Gasteiger partial charge in [-0.2, -0.15) is 5.10 Å². The maximum Gasteiger partial charge on any atom is 0.351 e. The Balaban J connectivity index is 2.32. The number of carboxylic acid groups (broad SMARTS) is 1. The Morgan fingerprint density at radius 2 is 2.06 bits per heavy atom. The third-order valence-electron chi connectivity index (χ3n) is 3.13. The second-order valence-electron chi connectivity index (χ2n) is 4.69. The fraction of sp³-hybridized carbons (Fsp3) is 0.692. The van der Waals surface area contributed by atoms with Gasteiger partial charge >= 0.3 is 5.97 Å². The molecule has 1 fully saturated rings. The average Bonchev–Trinajstić information content (AvgIpc) is 2.30. The molecule has 17 heavy (non-hydrogen) atoms. The van der Waals surface area contributed by atoms with Crippen LogP contribution in [-0.2, 0) is 4.79 Å². The number of carboxylic acids is 1. The normalized spacial score (nSPS) is 18.6. The van der Waals surface area contributed by atoms with Gasteiger partial charge in [0.05, 0.1) is 0 Å².